The maximum Gasteiger partial charge on any atom is 0.315 e. The number of hydrogen-bond acceptors (Lipinski definition) is 4. The second-order valence-corrected chi connectivity index (χ2v) is 5.02. The third-order valence-corrected chi connectivity index (χ3v) is 2.93. The summed E-state index contributed by atoms with van der Waals surface area (Å²) in [6.45, 7) is 1.64. The fraction of sp³-hybridized carbons (Fsp3) is 0.455. The molecule has 0 bridgehead atoms. The molecule has 0 fully saturated rings. The molecule has 0 saturated heterocycles. The van der Waals surface area contributed by atoms with Gasteiger partial charge in [-0.25, -0.2) is 4.79 Å². The second kappa shape index (κ2) is 6.36. The van der Waals surface area contributed by atoms with Crippen LogP contribution in [0.4, 0.5) is 4.79 Å². The molecule has 18 heavy (non-hydrogen) atoms. The third-order valence-electron chi connectivity index (χ3n) is 2.20. The van der Waals surface area contributed by atoms with Crippen molar-refractivity contribution in [3.8, 4) is 0 Å². The van der Waals surface area contributed by atoms with Gasteiger partial charge in [-0.2, -0.15) is 11.3 Å². The molecule has 1 heterocycles. The molecule has 7 heteroatoms. The summed E-state index contributed by atoms with van der Waals surface area (Å²) in [6.07, 6.45) is -0.419. The Kier molecular flexibility index (Phi) is 5.11. The van der Waals surface area contributed by atoms with Crippen molar-refractivity contribution in [2.75, 3.05) is 6.54 Å². The Morgan fingerprint density at radius 2 is 2.17 bits per heavy atom. The molecule has 6 nitrogen and oxygen atoms in total. The first kappa shape index (κ1) is 14.5. The summed E-state index contributed by atoms with van der Waals surface area (Å²) >= 11 is 1.54. The number of hydrogen-bond donors (Lipinski definition) is 4. The monoisotopic (exact) mass is 272 g/mol. The zero-order valence-corrected chi connectivity index (χ0v) is 10.8. The molecule has 1 rings (SSSR count). The number of carbonyl (C=O) groups is 2. The highest BCUT2D eigenvalue weighted by Gasteiger charge is 2.24. The van der Waals surface area contributed by atoms with E-state index in [4.69, 9.17) is 5.11 Å². The van der Waals surface area contributed by atoms with E-state index in [1.807, 2.05) is 16.8 Å². The van der Waals surface area contributed by atoms with Gasteiger partial charge in [0.05, 0.1) is 12.0 Å². The van der Waals surface area contributed by atoms with Crippen molar-refractivity contribution in [2.45, 2.75) is 25.5 Å². The van der Waals surface area contributed by atoms with Gasteiger partial charge < -0.3 is 20.8 Å². The Morgan fingerprint density at radius 3 is 2.72 bits per heavy atom. The largest absolute Gasteiger partial charge is 0.481 e. The summed E-state index contributed by atoms with van der Waals surface area (Å²) < 4.78 is 0. The van der Waals surface area contributed by atoms with Crippen LogP contribution in [0, 0.1) is 0 Å². The zero-order valence-electron chi connectivity index (χ0n) is 9.97. The number of aliphatic hydroxyl groups is 1. The van der Waals surface area contributed by atoms with Crippen LogP contribution in [0.3, 0.4) is 0 Å². The second-order valence-electron chi connectivity index (χ2n) is 4.24. The van der Waals surface area contributed by atoms with Gasteiger partial charge >= 0.3 is 12.0 Å². The molecule has 0 aliphatic carbocycles. The number of rotatable bonds is 6. The minimum atomic E-state index is -1.45. The van der Waals surface area contributed by atoms with Gasteiger partial charge in [0.25, 0.3) is 0 Å². The first-order valence-corrected chi connectivity index (χ1v) is 6.30. The van der Waals surface area contributed by atoms with Crippen LogP contribution in [0.15, 0.2) is 16.8 Å². The molecule has 2 amide bonds. The maximum absolute atomic E-state index is 11.4. The van der Waals surface area contributed by atoms with Crippen molar-refractivity contribution < 1.29 is 19.8 Å². The van der Waals surface area contributed by atoms with Gasteiger partial charge in [-0.3, -0.25) is 4.79 Å². The molecule has 1 aromatic rings. The van der Waals surface area contributed by atoms with E-state index in [0.29, 0.717) is 6.54 Å². The predicted octanol–water partition coefficient (Wildman–Crippen LogP) is 0.773. The number of carboxylic acids is 1. The first-order chi connectivity index (χ1) is 8.39. The predicted molar refractivity (Wildman–Crippen MR) is 67.4 cm³/mol. The van der Waals surface area contributed by atoms with Gasteiger partial charge in [-0.05, 0) is 29.3 Å². The number of thiophene rings is 1. The summed E-state index contributed by atoms with van der Waals surface area (Å²) in [6, 6.07) is 1.46. The molecule has 1 atom stereocenters. The summed E-state index contributed by atoms with van der Waals surface area (Å²) in [5.41, 5.74) is -0.460. The fourth-order valence-electron chi connectivity index (χ4n) is 1.30. The normalized spacial score (nSPS) is 13.7. The number of nitrogens with one attached hydrogen (secondary N) is 2. The lowest BCUT2D eigenvalue weighted by Crippen LogP contribution is -2.45. The van der Waals surface area contributed by atoms with Gasteiger partial charge in [0, 0.05) is 13.1 Å². The Hall–Kier alpha value is -1.60. The highest BCUT2D eigenvalue weighted by atomic mass is 32.1. The molecule has 1 aromatic heterocycles. The quantitative estimate of drug-likeness (QED) is 0.615. The first-order valence-electron chi connectivity index (χ1n) is 5.36. The number of urea groups is 1. The van der Waals surface area contributed by atoms with E-state index in [0.717, 1.165) is 5.56 Å². The van der Waals surface area contributed by atoms with Crippen molar-refractivity contribution in [3.63, 3.8) is 0 Å². The number of carboxylic acid groups (broad SMARTS) is 1. The van der Waals surface area contributed by atoms with Gasteiger partial charge in [0.2, 0.25) is 0 Å². The van der Waals surface area contributed by atoms with Crippen molar-refractivity contribution in [2.24, 2.45) is 0 Å². The van der Waals surface area contributed by atoms with E-state index in [2.05, 4.69) is 10.6 Å². The lowest BCUT2D eigenvalue weighted by Gasteiger charge is -2.21. The highest BCUT2D eigenvalue weighted by Crippen LogP contribution is 2.07. The summed E-state index contributed by atoms with van der Waals surface area (Å²) in [5.74, 6) is -1.11. The zero-order chi connectivity index (χ0) is 13.6. The van der Waals surface area contributed by atoms with E-state index in [1.54, 1.807) is 0 Å². The van der Waals surface area contributed by atoms with E-state index in [9.17, 15) is 14.7 Å². The van der Waals surface area contributed by atoms with Crippen LogP contribution in [0.25, 0.3) is 0 Å². The van der Waals surface area contributed by atoms with E-state index in [-0.39, 0.29) is 6.54 Å². The van der Waals surface area contributed by atoms with Gasteiger partial charge in [0.1, 0.15) is 0 Å². The molecular formula is C11H16N2O4S. The lowest BCUT2D eigenvalue weighted by molar-refractivity contribution is -0.141. The lowest BCUT2D eigenvalue weighted by atomic mass is 10.0. The smallest absolute Gasteiger partial charge is 0.315 e. The highest BCUT2D eigenvalue weighted by molar-refractivity contribution is 7.07. The van der Waals surface area contributed by atoms with Crippen LogP contribution < -0.4 is 10.6 Å². The van der Waals surface area contributed by atoms with Crippen molar-refractivity contribution in [1.82, 2.24) is 10.6 Å². The van der Waals surface area contributed by atoms with E-state index >= 15 is 0 Å². The van der Waals surface area contributed by atoms with Crippen LogP contribution in [0.2, 0.25) is 0 Å². The van der Waals surface area contributed by atoms with E-state index < -0.39 is 24.0 Å². The topological polar surface area (TPSA) is 98.7 Å². The maximum atomic E-state index is 11.4. The summed E-state index contributed by atoms with van der Waals surface area (Å²) in [7, 11) is 0. The molecule has 1 unspecified atom stereocenters. The molecule has 0 saturated carbocycles. The van der Waals surface area contributed by atoms with Crippen LogP contribution in [-0.4, -0.2) is 34.4 Å². The molecule has 0 aliphatic rings. The Bertz CT molecular complexity index is 403. The van der Waals surface area contributed by atoms with Crippen LogP contribution in [-0.2, 0) is 11.3 Å². The average Bonchev–Trinajstić information content (AvgIpc) is 2.74. The number of amides is 2. The van der Waals surface area contributed by atoms with Gasteiger partial charge in [0.15, 0.2) is 0 Å². The summed E-state index contributed by atoms with van der Waals surface area (Å²) in [4.78, 5) is 21.8. The fourth-order valence-corrected chi connectivity index (χ4v) is 1.97. The standard InChI is InChI=1S/C11H16N2O4S/c1-11(17,4-9(14)15)7-13-10(16)12-5-8-2-3-18-6-8/h2-3,6,17H,4-5,7H2,1H3,(H,14,15)(H2,12,13,16). The van der Waals surface area contributed by atoms with Crippen molar-refractivity contribution in [1.29, 1.82) is 0 Å². The minimum Gasteiger partial charge on any atom is -0.481 e. The Labute approximate surface area is 109 Å². The Balaban J connectivity index is 2.26. The van der Waals surface area contributed by atoms with Gasteiger partial charge in [-0.1, -0.05) is 0 Å². The molecule has 0 aromatic carbocycles. The van der Waals surface area contributed by atoms with Crippen LogP contribution in [0.1, 0.15) is 18.9 Å². The van der Waals surface area contributed by atoms with Gasteiger partial charge in [-0.15, -0.1) is 0 Å². The molecule has 0 radical (unpaired) electrons. The number of aliphatic carboxylic acids is 1. The van der Waals surface area contributed by atoms with Crippen molar-refractivity contribution >= 4 is 23.3 Å². The Morgan fingerprint density at radius 1 is 1.44 bits per heavy atom. The van der Waals surface area contributed by atoms with Crippen LogP contribution in [0.5, 0.6) is 0 Å². The SMILES string of the molecule is CC(O)(CNC(=O)NCc1ccsc1)CC(=O)O. The minimum absolute atomic E-state index is 0.116. The molecule has 0 aliphatic heterocycles. The molecule has 100 valence electrons. The summed E-state index contributed by atoms with van der Waals surface area (Å²) in [5, 5.41) is 27.1. The third kappa shape index (κ3) is 5.65. The van der Waals surface area contributed by atoms with Crippen molar-refractivity contribution in [3.05, 3.63) is 22.4 Å². The molecule has 0 spiro atoms. The average molecular weight is 272 g/mol. The molecular weight excluding hydrogens is 256 g/mol. The van der Waals surface area contributed by atoms with Crippen LogP contribution >= 0.6 is 11.3 Å². The van der Waals surface area contributed by atoms with E-state index in [1.165, 1.54) is 18.3 Å². The number of carbonyl (C=O) groups excluding carboxylic acids is 1. The molecule has 4 N–H and O–H groups in total.